The molecule has 0 aromatic rings. The number of quaternary nitrogens is 1. The first-order chi connectivity index (χ1) is 36.0. The summed E-state index contributed by atoms with van der Waals surface area (Å²) in [6.07, 6.45) is 72.7. The molecular formula is C65H130N2O6P+. The molecular weight excluding hydrogens is 936 g/mol. The quantitative estimate of drug-likeness (QED) is 0.0243. The van der Waals surface area contributed by atoms with Crippen molar-refractivity contribution in [2.45, 2.75) is 347 Å². The summed E-state index contributed by atoms with van der Waals surface area (Å²) in [4.78, 5) is 23.4. The Morgan fingerprint density at radius 3 is 1.11 bits per heavy atom. The van der Waals surface area contributed by atoms with Crippen LogP contribution in [0.15, 0.2) is 24.3 Å². The Balaban J connectivity index is 3.96. The molecule has 0 heterocycles. The molecule has 0 saturated heterocycles. The fraction of sp³-hybridized carbons (Fsp3) is 0.923. The lowest BCUT2D eigenvalue weighted by molar-refractivity contribution is -0.870. The number of hydrogen-bond donors (Lipinski definition) is 3. The molecule has 8 nitrogen and oxygen atoms in total. The normalized spacial score (nSPS) is 13.9. The van der Waals surface area contributed by atoms with Crippen molar-refractivity contribution in [2.24, 2.45) is 0 Å². The molecule has 0 aromatic heterocycles. The zero-order valence-electron chi connectivity index (χ0n) is 50.4. The molecule has 0 aromatic carbocycles. The third kappa shape index (κ3) is 58.7. The van der Waals surface area contributed by atoms with Crippen LogP contribution in [0.5, 0.6) is 0 Å². The van der Waals surface area contributed by atoms with Crippen LogP contribution in [-0.4, -0.2) is 73.4 Å². The van der Waals surface area contributed by atoms with Crippen molar-refractivity contribution >= 4 is 13.7 Å². The van der Waals surface area contributed by atoms with Gasteiger partial charge in [0.1, 0.15) is 13.2 Å². The number of carbonyl (C=O) groups excluding carboxylic acids is 1. The van der Waals surface area contributed by atoms with E-state index >= 15 is 0 Å². The van der Waals surface area contributed by atoms with E-state index in [1.54, 1.807) is 0 Å². The summed E-state index contributed by atoms with van der Waals surface area (Å²) in [5, 5.41) is 14.1. The molecule has 0 fully saturated rings. The lowest BCUT2D eigenvalue weighted by atomic mass is 10.0. The van der Waals surface area contributed by atoms with Gasteiger partial charge in [-0.15, -0.1) is 0 Å². The van der Waals surface area contributed by atoms with Crippen LogP contribution in [0.4, 0.5) is 0 Å². The molecule has 0 bridgehead atoms. The minimum atomic E-state index is -4.32. The van der Waals surface area contributed by atoms with Crippen molar-refractivity contribution in [2.75, 3.05) is 40.9 Å². The number of amides is 1. The number of hydrogen-bond acceptors (Lipinski definition) is 5. The van der Waals surface area contributed by atoms with E-state index in [1.165, 1.54) is 263 Å². The van der Waals surface area contributed by atoms with Crippen LogP contribution in [0.3, 0.4) is 0 Å². The molecule has 3 N–H and O–H groups in total. The van der Waals surface area contributed by atoms with E-state index in [4.69, 9.17) is 9.05 Å². The summed E-state index contributed by atoms with van der Waals surface area (Å²) < 4.78 is 23.8. The molecule has 3 unspecified atom stereocenters. The van der Waals surface area contributed by atoms with Gasteiger partial charge >= 0.3 is 7.82 Å². The van der Waals surface area contributed by atoms with E-state index in [1.807, 2.05) is 21.1 Å². The van der Waals surface area contributed by atoms with Crippen LogP contribution in [-0.2, 0) is 18.4 Å². The van der Waals surface area contributed by atoms with Gasteiger partial charge in [0.2, 0.25) is 5.91 Å². The lowest BCUT2D eigenvalue weighted by Gasteiger charge is -2.26. The second kappa shape index (κ2) is 56.7. The number of aliphatic hydroxyl groups is 1. The zero-order chi connectivity index (χ0) is 54.2. The summed E-state index contributed by atoms with van der Waals surface area (Å²) in [7, 11) is 1.63. The summed E-state index contributed by atoms with van der Waals surface area (Å²) in [5.41, 5.74) is 0. The maximum atomic E-state index is 13.0. The molecule has 0 radical (unpaired) electrons. The van der Waals surface area contributed by atoms with E-state index in [-0.39, 0.29) is 19.1 Å². The van der Waals surface area contributed by atoms with Crippen molar-refractivity contribution < 1.29 is 32.9 Å². The van der Waals surface area contributed by atoms with E-state index in [0.717, 1.165) is 44.9 Å². The third-order valence-corrected chi connectivity index (χ3v) is 16.2. The van der Waals surface area contributed by atoms with Crippen LogP contribution in [0, 0.1) is 0 Å². The highest BCUT2D eigenvalue weighted by atomic mass is 31.2. The van der Waals surface area contributed by atoms with Crippen LogP contribution >= 0.6 is 7.82 Å². The summed E-state index contributed by atoms with van der Waals surface area (Å²) in [6, 6.07) is -0.759. The maximum Gasteiger partial charge on any atom is 0.472 e. The van der Waals surface area contributed by atoms with Crippen molar-refractivity contribution in [1.29, 1.82) is 0 Å². The van der Waals surface area contributed by atoms with Gasteiger partial charge in [-0.1, -0.05) is 308 Å². The van der Waals surface area contributed by atoms with Crippen LogP contribution in [0.1, 0.15) is 335 Å². The monoisotopic (exact) mass is 1070 g/mol. The summed E-state index contributed by atoms with van der Waals surface area (Å²) in [6.45, 7) is 4.94. The van der Waals surface area contributed by atoms with Crippen molar-refractivity contribution in [3.8, 4) is 0 Å². The van der Waals surface area contributed by atoms with Crippen molar-refractivity contribution in [1.82, 2.24) is 5.32 Å². The maximum absolute atomic E-state index is 13.0. The predicted octanol–water partition coefficient (Wildman–Crippen LogP) is 20.3. The first kappa shape index (κ1) is 73.0. The van der Waals surface area contributed by atoms with Gasteiger partial charge in [0.25, 0.3) is 0 Å². The molecule has 9 heteroatoms. The average Bonchev–Trinajstić information content (AvgIpc) is 3.36. The van der Waals surface area contributed by atoms with Crippen LogP contribution in [0.25, 0.3) is 0 Å². The first-order valence-electron chi connectivity index (χ1n) is 32.7. The molecule has 3 atom stereocenters. The predicted molar refractivity (Wildman–Crippen MR) is 323 cm³/mol. The topological polar surface area (TPSA) is 105 Å². The highest BCUT2D eigenvalue weighted by Gasteiger charge is 2.28. The standard InChI is InChI=1S/C65H129N2O6P/c1-6-8-10-12-14-16-18-20-22-24-25-26-27-28-29-30-31-32-33-34-35-36-37-38-39-40-41-43-45-47-49-51-53-55-57-59-65(69)66-63(62-73-74(70,71)72-61-60-67(3,4)5)64(68)58-56-54-52-50-48-46-44-42-23-21-19-17-15-13-11-9-7-2/h27-28,30-31,63-64,68H,6-26,29,32-62H2,1-5H3,(H-,66,69,70,71)/p+1/b28-27-,31-30-. The molecule has 0 aliphatic rings. The fourth-order valence-corrected chi connectivity index (χ4v) is 10.8. The van der Waals surface area contributed by atoms with Crippen molar-refractivity contribution in [3.63, 3.8) is 0 Å². The number of rotatable bonds is 61. The van der Waals surface area contributed by atoms with E-state index in [9.17, 15) is 19.4 Å². The molecule has 74 heavy (non-hydrogen) atoms. The van der Waals surface area contributed by atoms with Gasteiger partial charge in [-0.05, 0) is 44.9 Å². The number of carbonyl (C=O) groups is 1. The van der Waals surface area contributed by atoms with Crippen LogP contribution < -0.4 is 5.32 Å². The molecule has 0 rings (SSSR count). The number of phosphoric ester groups is 1. The van der Waals surface area contributed by atoms with Gasteiger partial charge < -0.3 is 19.8 Å². The average molecular weight is 1070 g/mol. The largest absolute Gasteiger partial charge is 0.472 e. The minimum absolute atomic E-state index is 0.0770. The second-order valence-electron chi connectivity index (χ2n) is 23.9. The Bertz CT molecular complexity index is 1260. The third-order valence-electron chi connectivity index (χ3n) is 15.2. The molecule has 1 amide bonds. The fourth-order valence-electron chi connectivity index (χ4n) is 10.1. The molecule has 440 valence electrons. The molecule has 0 spiro atoms. The molecule has 0 saturated carbocycles. The summed E-state index contributed by atoms with van der Waals surface area (Å²) >= 11 is 0. The lowest BCUT2D eigenvalue weighted by Crippen LogP contribution is -2.46. The SMILES string of the molecule is CCCCCCCCCCCCC/C=C\C/C=C\CCCCCCCCCCCCCCCCCCCC(=O)NC(COP(=O)(O)OCC[N+](C)(C)C)C(O)CCCCCCCCCCCCCCCCCCC. The van der Waals surface area contributed by atoms with E-state index in [0.29, 0.717) is 23.9 Å². The van der Waals surface area contributed by atoms with Crippen molar-refractivity contribution in [3.05, 3.63) is 24.3 Å². The number of likely N-dealkylation sites (N-methyl/N-ethyl adjacent to an activating group) is 1. The molecule has 0 aliphatic heterocycles. The van der Waals surface area contributed by atoms with E-state index < -0.39 is 20.0 Å². The Morgan fingerprint density at radius 1 is 0.459 bits per heavy atom. The Morgan fingerprint density at radius 2 is 0.770 bits per heavy atom. The molecule has 0 aliphatic carbocycles. The number of phosphoric acid groups is 1. The second-order valence-corrected chi connectivity index (χ2v) is 25.3. The Labute approximate surface area is 462 Å². The number of allylic oxidation sites excluding steroid dienone is 4. The van der Waals surface area contributed by atoms with Gasteiger partial charge in [0.15, 0.2) is 0 Å². The van der Waals surface area contributed by atoms with E-state index in [2.05, 4.69) is 43.5 Å². The Hall–Kier alpha value is -1.02. The summed E-state index contributed by atoms with van der Waals surface area (Å²) in [5.74, 6) is -0.138. The number of nitrogens with one attached hydrogen (secondary N) is 1. The van der Waals surface area contributed by atoms with Gasteiger partial charge in [0, 0.05) is 6.42 Å². The highest BCUT2D eigenvalue weighted by molar-refractivity contribution is 7.47. The number of nitrogens with zero attached hydrogens (tertiary/aromatic N) is 1. The highest BCUT2D eigenvalue weighted by Crippen LogP contribution is 2.43. The van der Waals surface area contributed by atoms with Gasteiger partial charge in [-0.2, -0.15) is 0 Å². The smallest absolute Gasteiger partial charge is 0.391 e. The Kier molecular flexibility index (Phi) is 55.9. The number of unbranched alkanes of at least 4 members (excludes halogenated alkanes) is 44. The first-order valence-corrected chi connectivity index (χ1v) is 34.2. The van der Waals surface area contributed by atoms with Crippen LogP contribution in [0.2, 0.25) is 0 Å². The van der Waals surface area contributed by atoms with Gasteiger partial charge in [-0.25, -0.2) is 4.57 Å². The zero-order valence-corrected chi connectivity index (χ0v) is 51.3. The number of aliphatic hydroxyl groups excluding tert-OH is 1. The van der Waals surface area contributed by atoms with Gasteiger partial charge in [-0.3, -0.25) is 13.8 Å². The minimum Gasteiger partial charge on any atom is -0.391 e. The van der Waals surface area contributed by atoms with Gasteiger partial charge in [0.05, 0.1) is 39.9 Å².